The lowest BCUT2D eigenvalue weighted by Gasteiger charge is -2.16. The molecule has 0 aliphatic heterocycles. The first kappa shape index (κ1) is 15.6. The molecule has 0 spiro atoms. The largest absolute Gasteiger partial charge is 0.506 e. The van der Waals surface area contributed by atoms with Crippen LogP contribution in [0.2, 0.25) is 5.02 Å². The second kappa shape index (κ2) is 5.70. The second-order valence-electron chi connectivity index (χ2n) is 5.90. The van der Waals surface area contributed by atoms with Crippen LogP contribution in [-0.2, 0) is 0 Å². The molecular weight excluding hydrogens is 312 g/mol. The van der Waals surface area contributed by atoms with Crippen molar-refractivity contribution in [1.29, 1.82) is 0 Å². The highest BCUT2D eigenvalue weighted by molar-refractivity contribution is 6.36. The third kappa shape index (κ3) is 2.59. The number of halogens is 1. The summed E-state index contributed by atoms with van der Waals surface area (Å²) in [5.74, 6) is 0.555. The number of hydrogen-bond acceptors (Lipinski definition) is 3. The van der Waals surface area contributed by atoms with Gasteiger partial charge in [-0.25, -0.2) is 4.98 Å². The molecule has 0 atom stereocenters. The predicted octanol–water partition coefficient (Wildman–Crippen LogP) is 4.18. The van der Waals surface area contributed by atoms with E-state index in [1.807, 2.05) is 45.0 Å². The molecule has 0 aliphatic carbocycles. The Bertz CT molecular complexity index is 944. The summed E-state index contributed by atoms with van der Waals surface area (Å²) < 4.78 is 1.61. The fraction of sp³-hybridized carbons (Fsp3) is 0.222. The molecular formula is C18H17ClN2O2. The average molecular weight is 329 g/mol. The minimum atomic E-state index is -0.190. The molecule has 4 nitrogen and oxygen atoms in total. The molecule has 0 unspecified atom stereocenters. The lowest BCUT2D eigenvalue weighted by molar-refractivity contribution is 0.476. The van der Waals surface area contributed by atoms with E-state index in [2.05, 4.69) is 4.98 Å². The summed E-state index contributed by atoms with van der Waals surface area (Å²) in [6, 6.07) is 10.7. The minimum absolute atomic E-state index is 0.0202. The molecule has 0 saturated heterocycles. The van der Waals surface area contributed by atoms with Crippen molar-refractivity contribution in [3.63, 3.8) is 0 Å². The van der Waals surface area contributed by atoms with Crippen LogP contribution in [-0.4, -0.2) is 14.7 Å². The fourth-order valence-electron chi connectivity index (χ4n) is 2.56. The Balaban J connectivity index is 2.43. The average Bonchev–Trinajstić information content (AvgIpc) is 2.52. The van der Waals surface area contributed by atoms with E-state index in [4.69, 9.17) is 11.6 Å². The molecule has 118 valence electrons. The predicted molar refractivity (Wildman–Crippen MR) is 92.8 cm³/mol. The van der Waals surface area contributed by atoms with E-state index in [1.165, 1.54) is 6.07 Å². The molecule has 1 N–H and O–H groups in total. The van der Waals surface area contributed by atoms with Crippen molar-refractivity contribution in [1.82, 2.24) is 9.55 Å². The fourth-order valence-corrected chi connectivity index (χ4v) is 2.76. The number of phenolic OH excluding ortho intramolecular Hbond substituents is 1. The van der Waals surface area contributed by atoms with Gasteiger partial charge in [0.25, 0.3) is 5.56 Å². The Kier molecular flexibility index (Phi) is 3.86. The molecule has 3 rings (SSSR count). The molecule has 5 heteroatoms. The van der Waals surface area contributed by atoms with Gasteiger partial charge < -0.3 is 5.11 Å². The summed E-state index contributed by atoms with van der Waals surface area (Å²) >= 11 is 6.13. The van der Waals surface area contributed by atoms with Gasteiger partial charge in [-0.05, 0) is 31.2 Å². The summed E-state index contributed by atoms with van der Waals surface area (Å²) in [6.45, 7) is 5.93. The van der Waals surface area contributed by atoms with Crippen molar-refractivity contribution in [2.45, 2.75) is 26.7 Å². The number of nitrogens with zero attached hydrogens (tertiary/aromatic N) is 2. The third-order valence-electron chi connectivity index (χ3n) is 3.79. The lowest BCUT2D eigenvalue weighted by Crippen LogP contribution is -2.24. The quantitative estimate of drug-likeness (QED) is 0.768. The van der Waals surface area contributed by atoms with Gasteiger partial charge in [0.1, 0.15) is 22.1 Å². The van der Waals surface area contributed by atoms with E-state index in [1.54, 1.807) is 10.6 Å². The topological polar surface area (TPSA) is 55.1 Å². The van der Waals surface area contributed by atoms with E-state index in [-0.39, 0.29) is 22.2 Å². The molecule has 0 fully saturated rings. The maximum Gasteiger partial charge on any atom is 0.266 e. The van der Waals surface area contributed by atoms with E-state index < -0.39 is 0 Å². The summed E-state index contributed by atoms with van der Waals surface area (Å²) in [5.41, 5.74) is 2.03. The summed E-state index contributed by atoms with van der Waals surface area (Å²) in [4.78, 5) is 17.6. The van der Waals surface area contributed by atoms with Crippen LogP contribution in [0.25, 0.3) is 16.6 Å². The van der Waals surface area contributed by atoms with Crippen molar-refractivity contribution >= 4 is 22.5 Å². The van der Waals surface area contributed by atoms with Crippen LogP contribution in [0.3, 0.4) is 0 Å². The molecule has 0 bridgehead atoms. The van der Waals surface area contributed by atoms with Crippen molar-refractivity contribution in [3.05, 3.63) is 63.2 Å². The smallest absolute Gasteiger partial charge is 0.266 e. The van der Waals surface area contributed by atoms with Crippen LogP contribution < -0.4 is 5.56 Å². The number of hydrogen-bond donors (Lipinski definition) is 1. The lowest BCUT2D eigenvalue weighted by atomic mass is 10.1. The minimum Gasteiger partial charge on any atom is -0.506 e. The Morgan fingerprint density at radius 2 is 1.78 bits per heavy atom. The summed E-state index contributed by atoms with van der Waals surface area (Å²) in [6.07, 6.45) is 0. The Hall–Kier alpha value is -2.33. The van der Waals surface area contributed by atoms with Crippen LogP contribution in [0.1, 0.15) is 31.2 Å². The highest BCUT2D eigenvalue weighted by atomic mass is 35.5. The van der Waals surface area contributed by atoms with Crippen LogP contribution >= 0.6 is 11.6 Å². The van der Waals surface area contributed by atoms with Gasteiger partial charge in [-0.1, -0.05) is 43.1 Å². The van der Waals surface area contributed by atoms with Gasteiger partial charge >= 0.3 is 0 Å². The molecule has 3 aromatic rings. The van der Waals surface area contributed by atoms with Gasteiger partial charge in [0.05, 0.1) is 11.1 Å². The zero-order valence-corrected chi connectivity index (χ0v) is 13.9. The van der Waals surface area contributed by atoms with Gasteiger partial charge in [-0.3, -0.25) is 9.36 Å². The SMILES string of the molecule is Cc1ccc(-n2c(C(C)C)nc3c(Cl)c(O)ccc3c2=O)cc1. The molecule has 0 radical (unpaired) electrons. The Labute approximate surface area is 139 Å². The van der Waals surface area contributed by atoms with Crippen molar-refractivity contribution in [2.75, 3.05) is 0 Å². The Morgan fingerprint density at radius 3 is 2.39 bits per heavy atom. The number of aromatic hydroxyl groups is 1. The molecule has 1 heterocycles. The van der Waals surface area contributed by atoms with Crippen molar-refractivity contribution in [2.24, 2.45) is 0 Å². The molecule has 0 amide bonds. The highest BCUT2D eigenvalue weighted by Crippen LogP contribution is 2.30. The molecule has 2 aromatic carbocycles. The number of fused-ring (bicyclic) bond motifs is 1. The first-order chi connectivity index (χ1) is 10.9. The maximum absolute atomic E-state index is 13.0. The maximum atomic E-state index is 13.0. The van der Waals surface area contributed by atoms with E-state index in [0.717, 1.165) is 11.3 Å². The van der Waals surface area contributed by atoms with E-state index in [9.17, 15) is 9.90 Å². The summed E-state index contributed by atoms with van der Waals surface area (Å²) in [7, 11) is 0. The van der Waals surface area contributed by atoms with Gasteiger partial charge in [0, 0.05) is 5.92 Å². The van der Waals surface area contributed by atoms with Gasteiger partial charge in [0.15, 0.2) is 0 Å². The first-order valence-corrected chi connectivity index (χ1v) is 7.79. The molecule has 0 saturated carbocycles. The van der Waals surface area contributed by atoms with Gasteiger partial charge in [-0.2, -0.15) is 0 Å². The monoisotopic (exact) mass is 328 g/mol. The normalized spacial score (nSPS) is 11.3. The number of phenols is 1. The van der Waals surface area contributed by atoms with Crippen LogP contribution in [0.4, 0.5) is 0 Å². The Morgan fingerprint density at radius 1 is 1.13 bits per heavy atom. The highest BCUT2D eigenvalue weighted by Gasteiger charge is 2.18. The zero-order chi connectivity index (χ0) is 16.7. The van der Waals surface area contributed by atoms with Gasteiger partial charge in [-0.15, -0.1) is 0 Å². The van der Waals surface area contributed by atoms with Crippen LogP contribution in [0.5, 0.6) is 5.75 Å². The standard InChI is InChI=1S/C18H17ClN2O2/c1-10(2)17-20-16-13(8-9-14(22)15(16)19)18(23)21(17)12-6-4-11(3)5-7-12/h4-10,22H,1-3H3. The van der Waals surface area contributed by atoms with Crippen molar-refractivity contribution < 1.29 is 5.11 Å². The molecule has 1 aromatic heterocycles. The second-order valence-corrected chi connectivity index (χ2v) is 6.27. The van der Waals surface area contributed by atoms with E-state index >= 15 is 0 Å². The third-order valence-corrected chi connectivity index (χ3v) is 4.17. The molecule has 23 heavy (non-hydrogen) atoms. The molecule has 0 aliphatic rings. The number of aromatic nitrogens is 2. The van der Waals surface area contributed by atoms with Gasteiger partial charge in [0.2, 0.25) is 0 Å². The van der Waals surface area contributed by atoms with E-state index in [0.29, 0.717) is 16.7 Å². The number of aryl methyl sites for hydroxylation is 1. The first-order valence-electron chi connectivity index (χ1n) is 7.41. The van der Waals surface area contributed by atoms with Crippen LogP contribution in [0, 0.1) is 6.92 Å². The summed E-state index contributed by atoms with van der Waals surface area (Å²) in [5, 5.41) is 10.3. The van der Waals surface area contributed by atoms with Crippen molar-refractivity contribution in [3.8, 4) is 11.4 Å². The van der Waals surface area contributed by atoms with Crippen LogP contribution in [0.15, 0.2) is 41.2 Å². The zero-order valence-electron chi connectivity index (χ0n) is 13.2. The number of rotatable bonds is 2. The number of benzene rings is 2.